The lowest BCUT2D eigenvalue weighted by molar-refractivity contribution is -0.118. The van der Waals surface area contributed by atoms with Gasteiger partial charge in [0, 0.05) is 5.39 Å². The summed E-state index contributed by atoms with van der Waals surface area (Å²) in [6, 6.07) is 16.6. The molecule has 0 aliphatic rings. The second kappa shape index (κ2) is 10.7. The monoisotopic (exact) mass is 474 g/mol. The summed E-state index contributed by atoms with van der Waals surface area (Å²) in [5, 5.41) is 8.07. The van der Waals surface area contributed by atoms with E-state index >= 15 is 0 Å². The minimum atomic E-state index is -0.603. The summed E-state index contributed by atoms with van der Waals surface area (Å²) in [5.74, 6) is 0.494. The van der Waals surface area contributed by atoms with Gasteiger partial charge in [-0.1, -0.05) is 30.3 Å². The van der Waals surface area contributed by atoms with Crippen molar-refractivity contribution in [2.45, 2.75) is 20.8 Å². The molecule has 35 heavy (non-hydrogen) atoms. The third kappa shape index (κ3) is 5.24. The summed E-state index contributed by atoms with van der Waals surface area (Å²) in [6.45, 7) is 5.88. The van der Waals surface area contributed by atoms with Crippen molar-refractivity contribution < 1.29 is 23.8 Å². The van der Waals surface area contributed by atoms with Gasteiger partial charge in [-0.3, -0.25) is 4.79 Å². The number of nitrogens with one attached hydrogen (secondary N) is 1. The average Bonchev–Trinajstić information content (AvgIpc) is 3.27. The number of anilines is 1. The molecule has 0 saturated heterocycles. The molecule has 0 radical (unpaired) electrons. The highest BCUT2D eigenvalue weighted by atomic mass is 16.5. The van der Waals surface area contributed by atoms with Crippen LogP contribution in [-0.4, -0.2) is 46.5 Å². The number of carbonyl (C=O) groups is 2. The molecule has 4 rings (SSSR count). The molecule has 2 aromatic carbocycles. The van der Waals surface area contributed by atoms with E-state index < -0.39 is 11.9 Å². The first kappa shape index (κ1) is 23.7. The van der Waals surface area contributed by atoms with Crippen molar-refractivity contribution in [3.05, 3.63) is 71.9 Å². The van der Waals surface area contributed by atoms with E-state index in [-0.39, 0.29) is 24.6 Å². The van der Waals surface area contributed by atoms with Crippen molar-refractivity contribution in [1.29, 1.82) is 0 Å². The standard InChI is InChI=1S/C26H26N4O5/c1-4-33-21-12-8-9-13-22(21)35-16-24(31)29-25-19(26(32)34-5-2)15-27-30(25)23-14-17(3)18-10-6-7-11-20(18)28-23/h6-15H,4-5,16H2,1-3H3,(H,29,31). The number of ether oxygens (including phenoxy) is 3. The van der Waals surface area contributed by atoms with E-state index in [1.165, 1.54) is 10.9 Å². The number of aryl methyl sites for hydroxylation is 1. The van der Waals surface area contributed by atoms with Gasteiger partial charge in [0.1, 0.15) is 5.56 Å². The SMILES string of the molecule is CCOC(=O)c1cnn(-c2cc(C)c3ccccc3n2)c1NC(=O)COc1ccccc1OCC. The van der Waals surface area contributed by atoms with Crippen LogP contribution in [0.5, 0.6) is 11.5 Å². The Morgan fingerprint density at radius 2 is 1.69 bits per heavy atom. The summed E-state index contributed by atoms with van der Waals surface area (Å²) in [7, 11) is 0. The number of rotatable bonds is 9. The molecule has 0 aliphatic carbocycles. The van der Waals surface area contributed by atoms with E-state index in [1.807, 2.05) is 50.2 Å². The van der Waals surface area contributed by atoms with Gasteiger partial charge in [0.15, 0.2) is 29.7 Å². The first-order valence-electron chi connectivity index (χ1n) is 11.3. The number of carbonyl (C=O) groups excluding carboxylic acids is 2. The number of pyridine rings is 1. The highest BCUT2D eigenvalue weighted by Crippen LogP contribution is 2.27. The van der Waals surface area contributed by atoms with Gasteiger partial charge in [-0.15, -0.1) is 0 Å². The Morgan fingerprint density at radius 1 is 0.971 bits per heavy atom. The Bertz CT molecular complexity index is 1370. The van der Waals surface area contributed by atoms with Crippen LogP contribution in [0.1, 0.15) is 29.8 Å². The minimum Gasteiger partial charge on any atom is -0.490 e. The number of hydrogen-bond donors (Lipinski definition) is 1. The van der Waals surface area contributed by atoms with Crippen LogP contribution in [0, 0.1) is 6.92 Å². The molecular weight excluding hydrogens is 448 g/mol. The maximum absolute atomic E-state index is 12.9. The zero-order valence-electron chi connectivity index (χ0n) is 19.8. The quantitative estimate of drug-likeness (QED) is 0.360. The highest BCUT2D eigenvalue weighted by molar-refractivity contribution is 6.01. The smallest absolute Gasteiger partial charge is 0.343 e. The molecule has 0 aliphatic heterocycles. The van der Waals surface area contributed by atoms with Gasteiger partial charge in [-0.2, -0.15) is 9.78 Å². The first-order valence-corrected chi connectivity index (χ1v) is 11.3. The molecule has 2 aromatic heterocycles. The second-order valence-electron chi connectivity index (χ2n) is 7.57. The van der Waals surface area contributed by atoms with Crippen LogP contribution < -0.4 is 14.8 Å². The summed E-state index contributed by atoms with van der Waals surface area (Å²) in [5.41, 5.74) is 1.86. The Morgan fingerprint density at radius 3 is 2.43 bits per heavy atom. The number of esters is 1. The maximum atomic E-state index is 12.9. The predicted octanol–water partition coefficient (Wildman–Crippen LogP) is 4.32. The van der Waals surface area contributed by atoms with E-state index in [0.717, 1.165) is 16.5 Å². The average molecular weight is 475 g/mol. The topological polar surface area (TPSA) is 105 Å². The number of aromatic nitrogens is 3. The lowest BCUT2D eigenvalue weighted by Gasteiger charge is -2.14. The van der Waals surface area contributed by atoms with E-state index in [0.29, 0.717) is 23.9 Å². The van der Waals surface area contributed by atoms with Gasteiger partial charge in [-0.25, -0.2) is 9.78 Å². The molecule has 0 saturated carbocycles. The maximum Gasteiger partial charge on any atom is 0.343 e. The fraction of sp³-hybridized carbons (Fsp3) is 0.231. The molecule has 9 nitrogen and oxygen atoms in total. The van der Waals surface area contributed by atoms with Crippen molar-refractivity contribution in [2.75, 3.05) is 25.1 Å². The van der Waals surface area contributed by atoms with Crippen molar-refractivity contribution in [1.82, 2.24) is 14.8 Å². The van der Waals surface area contributed by atoms with E-state index in [4.69, 9.17) is 14.2 Å². The third-order valence-electron chi connectivity index (χ3n) is 5.16. The number of nitrogens with zero attached hydrogens (tertiary/aromatic N) is 3. The van der Waals surface area contributed by atoms with E-state index in [2.05, 4.69) is 15.4 Å². The van der Waals surface area contributed by atoms with Crippen LogP contribution in [0.25, 0.3) is 16.7 Å². The number of para-hydroxylation sites is 3. The van der Waals surface area contributed by atoms with Gasteiger partial charge >= 0.3 is 5.97 Å². The van der Waals surface area contributed by atoms with Crippen LogP contribution >= 0.6 is 0 Å². The normalized spacial score (nSPS) is 10.7. The molecule has 2 heterocycles. The molecule has 0 unspecified atom stereocenters. The van der Waals surface area contributed by atoms with Gasteiger partial charge in [-0.05, 0) is 50.6 Å². The number of benzene rings is 2. The van der Waals surface area contributed by atoms with Crippen molar-refractivity contribution in [2.24, 2.45) is 0 Å². The van der Waals surface area contributed by atoms with Crippen molar-refractivity contribution >= 4 is 28.6 Å². The molecule has 9 heteroatoms. The van der Waals surface area contributed by atoms with E-state index in [9.17, 15) is 9.59 Å². The number of fused-ring (bicyclic) bond motifs is 1. The van der Waals surface area contributed by atoms with Crippen molar-refractivity contribution in [3.63, 3.8) is 0 Å². The van der Waals surface area contributed by atoms with Gasteiger partial charge in [0.2, 0.25) is 0 Å². The number of hydrogen-bond acceptors (Lipinski definition) is 7. The lowest BCUT2D eigenvalue weighted by atomic mass is 10.1. The fourth-order valence-corrected chi connectivity index (χ4v) is 3.60. The van der Waals surface area contributed by atoms with Gasteiger partial charge in [0.25, 0.3) is 5.91 Å². The summed E-state index contributed by atoms with van der Waals surface area (Å²) in [6.07, 6.45) is 1.35. The van der Waals surface area contributed by atoms with E-state index in [1.54, 1.807) is 25.1 Å². The Balaban J connectivity index is 1.64. The Labute approximate surface area is 202 Å². The predicted molar refractivity (Wildman–Crippen MR) is 131 cm³/mol. The second-order valence-corrected chi connectivity index (χ2v) is 7.57. The van der Waals surface area contributed by atoms with Crippen molar-refractivity contribution in [3.8, 4) is 17.3 Å². The van der Waals surface area contributed by atoms with Crippen LogP contribution in [-0.2, 0) is 9.53 Å². The molecule has 180 valence electrons. The molecule has 0 fully saturated rings. The van der Waals surface area contributed by atoms with Gasteiger partial charge in [0.05, 0.1) is 24.9 Å². The molecule has 0 atom stereocenters. The Hall–Kier alpha value is -4.40. The fourth-order valence-electron chi connectivity index (χ4n) is 3.60. The summed E-state index contributed by atoms with van der Waals surface area (Å²) in [4.78, 5) is 30.1. The van der Waals surface area contributed by atoms with Crippen LogP contribution in [0.15, 0.2) is 60.8 Å². The zero-order valence-corrected chi connectivity index (χ0v) is 19.8. The summed E-state index contributed by atoms with van der Waals surface area (Å²) >= 11 is 0. The van der Waals surface area contributed by atoms with Crippen LogP contribution in [0.2, 0.25) is 0 Å². The molecule has 1 amide bonds. The zero-order chi connectivity index (χ0) is 24.8. The molecule has 1 N–H and O–H groups in total. The lowest BCUT2D eigenvalue weighted by Crippen LogP contribution is -2.24. The minimum absolute atomic E-state index is 0.113. The molecule has 4 aromatic rings. The summed E-state index contributed by atoms with van der Waals surface area (Å²) < 4.78 is 17.8. The molecular formula is C26H26N4O5. The Kier molecular flexibility index (Phi) is 7.25. The van der Waals surface area contributed by atoms with Crippen LogP contribution in [0.3, 0.4) is 0 Å². The molecule has 0 spiro atoms. The largest absolute Gasteiger partial charge is 0.490 e. The third-order valence-corrected chi connectivity index (χ3v) is 5.16. The highest BCUT2D eigenvalue weighted by Gasteiger charge is 2.23. The molecule has 0 bridgehead atoms. The first-order chi connectivity index (χ1) is 17.0. The van der Waals surface area contributed by atoms with Crippen LogP contribution in [0.4, 0.5) is 5.82 Å². The number of amides is 1. The van der Waals surface area contributed by atoms with Gasteiger partial charge < -0.3 is 19.5 Å².